The molecule has 2 aromatic carbocycles. The minimum atomic E-state index is -0.920. The third kappa shape index (κ3) is 4.92. The number of ether oxygens (including phenoxy) is 1. The summed E-state index contributed by atoms with van der Waals surface area (Å²) >= 11 is 0. The van der Waals surface area contributed by atoms with Crippen molar-refractivity contribution in [1.82, 2.24) is 9.88 Å². The number of carboxylic acids is 1. The molecule has 0 saturated carbocycles. The summed E-state index contributed by atoms with van der Waals surface area (Å²) in [7, 11) is 0. The topological polar surface area (TPSA) is 65.9 Å². The molecule has 0 amide bonds. The number of likely N-dealkylation sites (N-methyl/N-ethyl adjacent to an activating group) is 1. The van der Waals surface area contributed by atoms with Crippen LogP contribution in [-0.2, 0) is 6.54 Å². The lowest BCUT2D eigenvalue weighted by atomic mass is 10.1. The molecule has 1 fully saturated rings. The van der Waals surface area contributed by atoms with Gasteiger partial charge in [-0.25, -0.2) is 9.78 Å². The van der Waals surface area contributed by atoms with E-state index >= 15 is 0 Å². The van der Waals surface area contributed by atoms with Crippen molar-refractivity contribution in [3.63, 3.8) is 0 Å². The number of para-hydroxylation sites is 1. The fraction of sp³-hybridized carbons (Fsp3) is 0.308. The average molecular weight is 432 g/mol. The van der Waals surface area contributed by atoms with Crippen molar-refractivity contribution in [2.75, 3.05) is 24.5 Å². The Kier molecular flexibility index (Phi) is 6.71. The van der Waals surface area contributed by atoms with Crippen LogP contribution < -0.4 is 9.64 Å². The quantitative estimate of drug-likeness (QED) is 0.543. The van der Waals surface area contributed by atoms with Crippen LogP contribution in [0.5, 0.6) is 11.5 Å². The molecule has 1 aliphatic rings. The Hall–Kier alpha value is -3.38. The van der Waals surface area contributed by atoms with Gasteiger partial charge in [-0.15, -0.1) is 0 Å². The average Bonchev–Trinajstić information content (AvgIpc) is 3.28. The molecular formula is C26H29N3O3. The van der Waals surface area contributed by atoms with E-state index in [4.69, 9.17) is 4.74 Å². The minimum absolute atomic E-state index is 0.307. The third-order valence-corrected chi connectivity index (χ3v) is 6.00. The van der Waals surface area contributed by atoms with Gasteiger partial charge in [0.1, 0.15) is 22.9 Å². The molecule has 0 spiro atoms. The number of carboxylic acid groups (broad SMARTS) is 1. The van der Waals surface area contributed by atoms with Crippen molar-refractivity contribution in [1.29, 1.82) is 0 Å². The summed E-state index contributed by atoms with van der Waals surface area (Å²) in [6.07, 6.45) is 2.67. The molecule has 0 radical (unpaired) electrons. The van der Waals surface area contributed by atoms with E-state index in [1.165, 1.54) is 5.56 Å². The highest BCUT2D eigenvalue weighted by atomic mass is 16.5. The van der Waals surface area contributed by atoms with E-state index in [1.54, 1.807) is 12.3 Å². The Bertz CT molecular complexity index is 1070. The maximum atomic E-state index is 11.8. The van der Waals surface area contributed by atoms with Crippen LogP contribution in [0.2, 0.25) is 0 Å². The number of nitrogens with zero attached hydrogens (tertiary/aromatic N) is 3. The number of aromatic carboxylic acids is 1. The van der Waals surface area contributed by atoms with E-state index in [2.05, 4.69) is 33.8 Å². The van der Waals surface area contributed by atoms with Gasteiger partial charge in [0.25, 0.3) is 0 Å². The van der Waals surface area contributed by atoms with Crippen LogP contribution in [0.15, 0.2) is 66.9 Å². The van der Waals surface area contributed by atoms with E-state index in [1.807, 2.05) is 49.4 Å². The monoisotopic (exact) mass is 431 g/mol. The van der Waals surface area contributed by atoms with Crippen LogP contribution in [0.4, 0.5) is 5.82 Å². The number of hydrogen-bond donors (Lipinski definition) is 1. The van der Waals surface area contributed by atoms with E-state index in [9.17, 15) is 9.90 Å². The maximum Gasteiger partial charge on any atom is 0.339 e. The van der Waals surface area contributed by atoms with Crippen molar-refractivity contribution in [2.45, 2.75) is 32.9 Å². The SMILES string of the molecule is CCN(Cc1cccc(Oc2ccccc2)c1)[C@@H]1CCN(c2nccc(C)c2C(=O)O)C1. The van der Waals surface area contributed by atoms with Gasteiger partial charge >= 0.3 is 5.97 Å². The lowest BCUT2D eigenvalue weighted by molar-refractivity contribution is 0.0696. The molecule has 1 aliphatic heterocycles. The maximum absolute atomic E-state index is 11.8. The molecule has 0 unspecified atom stereocenters. The molecule has 6 nitrogen and oxygen atoms in total. The fourth-order valence-electron chi connectivity index (χ4n) is 4.35. The second-order valence-electron chi connectivity index (χ2n) is 8.15. The van der Waals surface area contributed by atoms with Gasteiger partial charge < -0.3 is 14.7 Å². The van der Waals surface area contributed by atoms with Crippen LogP contribution in [0.25, 0.3) is 0 Å². The Balaban J connectivity index is 1.45. The number of hydrogen-bond acceptors (Lipinski definition) is 5. The predicted octanol–water partition coefficient (Wildman–Crippen LogP) is 4.98. The summed E-state index contributed by atoms with van der Waals surface area (Å²) in [5.41, 5.74) is 2.24. The summed E-state index contributed by atoms with van der Waals surface area (Å²) in [5, 5.41) is 9.67. The van der Waals surface area contributed by atoms with E-state index in [0.717, 1.165) is 49.7 Å². The molecule has 3 aromatic rings. The number of aryl methyl sites for hydroxylation is 1. The molecule has 1 aromatic heterocycles. The molecule has 0 bridgehead atoms. The third-order valence-electron chi connectivity index (χ3n) is 6.00. The molecule has 1 N–H and O–H groups in total. The normalized spacial score (nSPS) is 15.8. The van der Waals surface area contributed by atoms with Crippen molar-refractivity contribution in [3.8, 4) is 11.5 Å². The second-order valence-corrected chi connectivity index (χ2v) is 8.15. The second kappa shape index (κ2) is 9.83. The summed E-state index contributed by atoms with van der Waals surface area (Å²) < 4.78 is 5.99. The van der Waals surface area contributed by atoms with Crippen molar-refractivity contribution < 1.29 is 14.6 Å². The molecule has 2 heterocycles. The van der Waals surface area contributed by atoms with Gasteiger partial charge in [-0.1, -0.05) is 37.3 Å². The first-order chi connectivity index (χ1) is 15.5. The highest BCUT2D eigenvalue weighted by Crippen LogP contribution is 2.28. The number of pyridine rings is 1. The van der Waals surface area contributed by atoms with Crippen LogP contribution >= 0.6 is 0 Å². The lowest BCUT2D eigenvalue weighted by Crippen LogP contribution is -2.37. The number of aromatic nitrogens is 1. The van der Waals surface area contributed by atoms with Gasteiger partial charge in [0.15, 0.2) is 0 Å². The van der Waals surface area contributed by atoms with Crippen molar-refractivity contribution in [2.24, 2.45) is 0 Å². The Morgan fingerprint density at radius 3 is 2.69 bits per heavy atom. The summed E-state index contributed by atoms with van der Waals surface area (Å²) in [5.74, 6) is 1.31. The summed E-state index contributed by atoms with van der Waals surface area (Å²) in [6, 6.07) is 20.1. The number of anilines is 1. The molecule has 4 rings (SSSR count). The summed E-state index contributed by atoms with van der Waals surface area (Å²) in [6.45, 7) is 7.29. The van der Waals surface area contributed by atoms with Gasteiger partial charge in [-0.2, -0.15) is 0 Å². The zero-order chi connectivity index (χ0) is 22.5. The zero-order valence-electron chi connectivity index (χ0n) is 18.6. The number of rotatable bonds is 8. The molecular weight excluding hydrogens is 402 g/mol. The molecule has 1 saturated heterocycles. The fourth-order valence-corrected chi connectivity index (χ4v) is 4.35. The standard InChI is InChI=1S/C26H29N3O3/c1-3-28(17-20-8-7-11-23(16-20)32-22-9-5-4-6-10-22)21-13-15-29(18-21)25-24(26(30)31)19(2)12-14-27-25/h4-12,14,16,21H,3,13,15,17-18H2,1-2H3,(H,30,31)/t21-/m1/s1. The molecule has 1 atom stereocenters. The zero-order valence-corrected chi connectivity index (χ0v) is 18.6. The number of carbonyl (C=O) groups is 1. The van der Waals surface area contributed by atoms with Gasteiger partial charge in [0.05, 0.1) is 0 Å². The van der Waals surface area contributed by atoms with Crippen LogP contribution in [0.3, 0.4) is 0 Å². The Morgan fingerprint density at radius 1 is 1.16 bits per heavy atom. The Labute approximate surface area is 189 Å². The first-order valence-corrected chi connectivity index (χ1v) is 11.0. The predicted molar refractivity (Wildman–Crippen MR) is 126 cm³/mol. The Morgan fingerprint density at radius 2 is 1.94 bits per heavy atom. The van der Waals surface area contributed by atoms with E-state index in [-0.39, 0.29) is 0 Å². The van der Waals surface area contributed by atoms with Gasteiger partial charge in [-0.05, 0) is 61.3 Å². The highest BCUT2D eigenvalue weighted by molar-refractivity contribution is 5.95. The highest BCUT2D eigenvalue weighted by Gasteiger charge is 2.30. The van der Waals surface area contributed by atoms with Crippen LogP contribution in [-0.4, -0.2) is 46.6 Å². The smallest absolute Gasteiger partial charge is 0.339 e. The molecule has 32 heavy (non-hydrogen) atoms. The van der Waals surface area contributed by atoms with Crippen molar-refractivity contribution in [3.05, 3.63) is 83.6 Å². The molecule has 166 valence electrons. The molecule has 6 heteroatoms. The van der Waals surface area contributed by atoms with E-state index < -0.39 is 5.97 Å². The van der Waals surface area contributed by atoms with Gasteiger partial charge in [0, 0.05) is 31.9 Å². The lowest BCUT2D eigenvalue weighted by Gasteiger charge is -2.28. The van der Waals surface area contributed by atoms with Gasteiger partial charge in [-0.3, -0.25) is 4.90 Å². The molecule has 0 aliphatic carbocycles. The van der Waals surface area contributed by atoms with E-state index in [0.29, 0.717) is 17.4 Å². The number of benzene rings is 2. The van der Waals surface area contributed by atoms with Gasteiger partial charge in [0.2, 0.25) is 0 Å². The van der Waals surface area contributed by atoms with Crippen LogP contribution in [0, 0.1) is 6.92 Å². The summed E-state index contributed by atoms with van der Waals surface area (Å²) in [4.78, 5) is 20.7. The minimum Gasteiger partial charge on any atom is -0.478 e. The first-order valence-electron chi connectivity index (χ1n) is 11.0. The van der Waals surface area contributed by atoms with Crippen LogP contribution in [0.1, 0.15) is 34.8 Å². The first kappa shape index (κ1) is 21.8. The largest absolute Gasteiger partial charge is 0.478 e. The van der Waals surface area contributed by atoms with Crippen molar-refractivity contribution >= 4 is 11.8 Å².